The Balaban J connectivity index is 2.44. The summed E-state index contributed by atoms with van der Waals surface area (Å²) in [5.74, 6) is 0.891. The Kier molecular flexibility index (Phi) is 5.56. The molecule has 1 heterocycles. The average Bonchev–Trinajstić information content (AvgIpc) is 2.21. The Bertz CT molecular complexity index is 318. The second-order valence-electron chi connectivity index (χ2n) is 3.31. The van der Waals surface area contributed by atoms with Crippen molar-refractivity contribution in [2.24, 2.45) is 0 Å². The molecule has 0 aliphatic heterocycles. The Hall–Kier alpha value is -0.130. The van der Waals surface area contributed by atoms with E-state index >= 15 is 0 Å². The molecule has 5 heteroatoms. The topological polar surface area (TPSA) is 28.2 Å². The molecule has 15 heavy (non-hydrogen) atoms. The smallest absolute Gasteiger partial charge is 0.140 e. The molecule has 0 atom stereocenters. The largest absolute Gasteiger partial charge is 0.368 e. The lowest BCUT2D eigenvalue weighted by molar-refractivity contribution is 0.367. The van der Waals surface area contributed by atoms with Crippen molar-refractivity contribution in [1.29, 1.82) is 0 Å². The molecular weight excluding hydrogens is 322 g/mol. The summed E-state index contributed by atoms with van der Waals surface area (Å²) in [7, 11) is 2.10. The predicted molar refractivity (Wildman–Crippen MR) is 71.3 cm³/mol. The summed E-state index contributed by atoms with van der Waals surface area (Å²) in [6.07, 6.45) is 1.79. The maximum absolute atomic E-state index is 4.28. The van der Waals surface area contributed by atoms with E-state index in [0.29, 0.717) is 0 Å². The van der Waals surface area contributed by atoms with Crippen molar-refractivity contribution in [3.05, 3.63) is 21.2 Å². The van der Waals surface area contributed by atoms with Crippen LogP contribution >= 0.6 is 31.9 Å². The van der Waals surface area contributed by atoms with Gasteiger partial charge in [-0.25, -0.2) is 4.98 Å². The van der Waals surface area contributed by atoms with E-state index in [1.165, 1.54) is 0 Å². The fourth-order valence-corrected chi connectivity index (χ4v) is 2.20. The molecule has 84 valence electrons. The maximum atomic E-state index is 4.28. The van der Waals surface area contributed by atoms with Crippen LogP contribution in [0.3, 0.4) is 0 Å². The minimum Gasteiger partial charge on any atom is -0.368 e. The molecule has 0 radical (unpaired) electrons. The number of hydrogen-bond acceptors (Lipinski definition) is 3. The number of aromatic nitrogens is 1. The molecule has 0 unspecified atom stereocenters. The fraction of sp³-hybridized carbons (Fsp3) is 0.500. The number of nitrogens with zero attached hydrogens (tertiary/aromatic N) is 2. The third-order valence-corrected chi connectivity index (χ3v) is 3.17. The molecule has 3 nitrogen and oxygen atoms in total. The van der Waals surface area contributed by atoms with Crippen LogP contribution in [-0.2, 0) is 0 Å². The number of halogens is 2. The highest BCUT2D eigenvalue weighted by molar-refractivity contribution is 9.11. The van der Waals surface area contributed by atoms with E-state index in [1.807, 2.05) is 6.07 Å². The summed E-state index contributed by atoms with van der Waals surface area (Å²) in [4.78, 5) is 6.53. The number of hydrogen-bond donors (Lipinski definition) is 1. The van der Waals surface area contributed by atoms with E-state index < -0.39 is 0 Å². The Morgan fingerprint density at radius 3 is 2.80 bits per heavy atom. The van der Waals surface area contributed by atoms with Crippen molar-refractivity contribution in [1.82, 2.24) is 9.88 Å². The summed E-state index contributed by atoms with van der Waals surface area (Å²) < 4.78 is 1.96. The van der Waals surface area contributed by atoms with Gasteiger partial charge in [0, 0.05) is 23.8 Å². The Morgan fingerprint density at radius 1 is 1.47 bits per heavy atom. The van der Waals surface area contributed by atoms with Gasteiger partial charge in [0.15, 0.2) is 0 Å². The predicted octanol–water partition coefficient (Wildman–Crippen LogP) is 2.97. The van der Waals surface area contributed by atoms with Crippen LogP contribution in [0.5, 0.6) is 0 Å². The summed E-state index contributed by atoms with van der Waals surface area (Å²) >= 11 is 6.83. The standard InChI is InChI=1S/C10H15Br2N3/c1-3-15(2)5-4-13-10-9(12)6-8(11)7-14-10/h6-7H,3-5H2,1-2H3,(H,13,14). The van der Waals surface area contributed by atoms with Gasteiger partial charge in [0.05, 0.1) is 4.47 Å². The zero-order valence-corrected chi connectivity index (χ0v) is 12.1. The van der Waals surface area contributed by atoms with Crippen LogP contribution in [0.15, 0.2) is 21.2 Å². The van der Waals surface area contributed by atoms with E-state index in [-0.39, 0.29) is 0 Å². The second-order valence-corrected chi connectivity index (χ2v) is 5.08. The zero-order chi connectivity index (χ0) is 11.3. The third-order valence-electron chi connectivity index (χ3n) is 2.13. The fourth-order valence-electron chi connectivity index (χ4n) is 1.07. The molecule has 0 fully saturated rings. The molecule has 0 amide bonds. The van der Waals surface area contributed by atoms with Gasteiger partial charge in [0.1, 0.15) is 5.82 Å². The number of likely N-dealkylation sites (N-methyl/N-ethyl adjacent to an activating group) is 1. The first-order valence-corrected chi connectivity index (χ1v) is 6.45. The van der Waals surface area contributed by atoms with Crippen LogP contribution < -0.4 is 5.32 Å². The van der Waals surface area contributed by atoms with Gasteiger partial charge in [-0.1, -0.05) is 6.92 Å². The Labute approximate surface area is 108 Å². The van der Waals surface area contributed by atoms with Crippen LogP contribution in [-0.4, -0.2) is 36.6 Å². The van der Waals surface area contributed by atoms with Gasteiger partial charge < -0.3 is 10.2 Å². The molecule has 0 bridgehead atoms. The molecule has 1 aromatic rings. The van der Waals surface area contributed by atoms with Crippen LogP contribution in [0.2, 0.25) is 0 Å². The minimum absolute atomic E-state index is 0.891. The van der Waals surface area contributed by atoms with Crippen molar-refractivity contribution in [3.63, 3.8) is 0 Å². The van der Waals surface area contributed by atoms with Gasteiger partial charge in [-0.2, -0.15) is 0 Å². The summed E-state index contributed by atoms with van der Waals surface area (Å²) in [5.41, 5.74) is 0. The van der Waals surface area contributed by atoms with Crippen molar-refractivity contribution in [2.45, 2.75) is 6.92 Å². The molecule has 0 spiro atoms. The highest BCUT2D eigenvalue weighted by Crippen LogP contribution is 2.22. The van der Waals surface area contributed by atoms with Crippen LogP contribution in [0.4, 0.5) is 5.82 Å². The number of rotatable bonds is 5. The van der Waals surface area contributed by atoms with Gasteiger partial charge in [0.25, 0.3) is 0 Å². The van der Waals surface area contributed by atoms with E-state index in [4.69, 9.17) is 0 Å². The van der Waals surface area contributed by atoms with E-state index in [0.717, 1.165) is 34.4 Å². The summed E-state index contributed by atoms with van der Waals surface area (Å²) in [6.45, 7) is 5.13. The van der Waals surface area contributed by atoms with Crippen LogP contribution in [0.25, 0.3) is 0 Å². The molecule has 0 saturated carbocycles. The van der Waals surface area contributed by atoms with Gasteiger partial charge >= 0.3 is 0 Å². The molecule has 0 aliphatic carbocycles. The molecule has 0 aliphatic rings. The Morgan fingerprint density at radius 2 is 2.20 bits per heavy atom. The van der Waals surface area contributed by atoms with Crippen molar-refractivity contribution in [2.75, 3.05) is 32.0 Å². The lowest BCUT2D eigenvalue weighted by Crippen LogP contribution is -2.25. The minimum atomic E-state index is 0.891. The number of pyridine rings is 1. The lowest BCUT2D eigenvalue weighted by atomic mass is 10.4. The zero-order valence-electron chi connectivity index (χ0n) is 8.93. The van der Waals surface area contributed by atoms with Crippen molar-refractivity contribution >= 4 is 37.7 Å². The highest BCUT2D eigenvalue weighted by atomic mass is 79.9. The SMILES string of the molecule is CCN(C)CCNc1ncc(Br)cc1Br. The maximum Gasteiger partial charge on any atom is 0.140 e. The average molecular weight is 337 g/mol. The molecule has 0 saturated heterocycles. The summed E-state index contributed by atoms with van der Waals surface area (Å²) in [5, 5.41) is 3.28. The summed E-state index contributed by atoms with van der Waals surface area (Å²) in [6, 6.07) is 1.98. The van der Waals surface area contributed by atoms with Crippen molar-refractivity contribution in [3.8, 4) is 0 Å². The quantitative estimate of drug-likeness (QED) is 0.896. The molecule has 1 rings (SSSR count). The molecule has 1 N–H and O–H groups in total. The lowest BCUT2D eigenvalue weighted by Gasteiger charge is -2.14. The van der Waals surface area contributed by atoms with Gasteiger partial charge in [-0.3, -0.25) is 0 Å². The first-order chi connectivity index (χ1) is 7.13. The van der Waals surface area contributed by atoms with E-state index in [1.54, 1.807) is 6.20 Å². The van der Waals surface area contributed by atoms with Crippen molar-refractivity contribution < 1.29 is 0 Å². The number of nitrogens with one attached hydrogen (secondary N) is 1. The van der Waals surface area contributed by atoms with Gasteiger partial charge in [-0.15, -0.1) is 0 Å². The first kappa shape index (κ1) is 12.9. The van der Waals surface area contributed by atoms with E-state index in [9.17, 15) is 0 Å². The molecular formula is C10H15Br2N3. The monoisotopic (exact) mass is 335 g/mol. The van der Waals surface area contributed by atoms with Crippen LogP contribution in [0.1, 0.15) is 6.92 Å². The normalized spacial score (nSPS) is 10.7. The molecule has 0 aromatic carbocycles. The van der Waals surface area contributed by atoms with Gasteiger partial charge in [-0.05, 0) is 51.5 Å². The third kappa shape index (κ3) is 4.49. The first-order valence-electron chi connectivity index (χ1n) is 4.87. The molecule has 1 aromatic heterocycles. The van der Waals surface area contributed by atoms with Gasteiger partial charge in [0.2, 0.25) is 0 Å². The van der Waals surface area contributed by atoms with Crippen LogP contribution in [0, 0.1) is 0 Å². The highest BCUT2D eigenvalue weighted by Gasteiger charge is 2.01. The second kappa shape index (κ2) is 6.45. The number of anilines is 1. The van der Waals surface area contributed by atoms with E-state index in [2.05, 4.69) is 61.0 Å².